The highest BCUT2D eigenvalue weighted by Crippen LogP contribution is 2.34. The van der Waals surface area contributed by atoms with Crippen LogP contribution in [0.4, 0.5) is 11.4 Å². The average Bonchev–Trinajstić information content (AvgIpc) is 3.63. The molecule has 2 aromatic rings. The zero-order valence-electron chi connectivity index (χ0n) is 28.8. The third kappa shape index (κ3) is 7.89. The van der Waals surface area contributed by atoms with Gasteiger partial charge in [-0.2, -0.15) is 30.4 Å². The fourth-order valence-electron chi connectivity index (χ4n) is 5.95. The highest BCUT2D eigenvalue weighted by atomic mass is 32.2. The van der Waals surface area contributed by atoms with Crippen molar-refractivity contribution >= 4 is 82.1 Å². The second kappa shape index (κ2) is 14.3. The van der Waals surface area contributed by atoms with Gasteiger partial charge in [-0.25, -0.2) is 4.63 Å². The monoisotopic (exact) mass is 861 g/mol. The smallest absolute Gasteiger partial charge is 0.289 e. The van der Waals surface area contributed by atoms with Crippen LogP contribution in [0.2, 0.25) is 0 Å². The van der Waals surface area contributed by atoms with Crippen LogP contribution in [0.25, 0.3) is 11.0 Å². The third-order valence-electron chi connectivity index (χ3n) is 8.66. The number of ketones is 4. The summed E-state index contributed by atoms with van der Waals surface area (Å²) in [5, 5.41) is 22.6. The summed E-state index contributed by atoms with van der Waals surface area (Å²) < 4.78 is 108. The number of nitrogens with one attached hydrogen (secondary N) is 1. The molecule has 0 saturated carbocycles. The van der Waals surface area contributed by atoms with Gasteiger partial charge in [0.1, 0.15) is 0 Å². The second-order valence-electron chi connectivity index (χ2n) is 12.5. The number of aromatic nitrogens is 2. The fourth-order valence-corrected chi connectivity index (χ4v) is 7.61. The van der Waals surface area contributed by atoms with Crippen LogP contribution in [0.3, 0.4) is 0 Å². The molecule has 59 heavy (non-hydrogen) atoms. The van der Waals surface area contributed by atoms with E-state index in [1.165, 1.54) is 6.07 Å². The number of fused-ring (bicyclic) bond motifs is 9. The van der Waals surface area contributed by atoms with Crippen LogP contribution in [-0.4, -0.2) is 83.5 Å². The molecule has 7 rings (SSSR count). The number of non-ortho nitro benzene ring substituents is 1. The van der Waals surface area contributed by atoms with E-state index >= 15 is 0 Å². The van der Waals surface area contributed by atoms with Crippen LogP contribution in [0, 0.1) is 10.1 Å². The Balaban J connectivity index is 1.45. The SMILES string of the molecule is O=C1C2=CC(/C=N/Nc3ccc([N+](=O)[O-])c4nonc34)=CC1=CC1=CC(S(=O)(=O)O)=CC(=CC3=CC(S(=O)(=O)O)=CC(=CC4=CC(S(=O)(=O)O)=CC(=C2)C4=O)C3=O)C1=O. The molecule has 24 heteroatoms. The van der Waals surface area contributed by atoms with Crippen LogP contribution in [0.1, 0.15) is 0 Å². The minimum atomic E-state index is -5.13. The maximum Gasteiger partial charge on any atom is 0.300 e. The molecule has 4 N–H and O–H groups in total. The van der Waals surface area contributed by atoms with Crippen molar-refractivity contribution in [1.29, 1.82) is 0 Å². The molecule has 0 atom stereocenters. The van der Waals surface area contributed by atoms with Gasteiger partial charge in [0, 0.05) is 50.7 Å². The van der Waals surface area contributed by atoms with E-state index in [1.807, 2.05) is 0 Å². The van der Waals surface area contributed by atoms with E-state index in [1.54, 1.807) is 0 Å². The van der Waals surface area contributed by atoms with Gasteiger partial charge in [-0.15, -0.1) is 0 Å². The lowest BCUT2D eigenvalue weighted by Gasteiger charge is -2.18. The summed E-state index contributed by atoms with van der Waals surface area (Å²) in [6.45, 7) is 0. The van der Waals surface area contributed by atoms with Gasteiger partial charge in [0.2, 0.25) is 5.52 Å². The first kappa shape index (κ1) is 40.0. The second-order valence-corrected chi connectivity index (χ2v) is 16.8. The molecule has 1 aromatic heterocycles. The van der Waals surface area contributed by atoms with E-state index in [2.05, 4.69) is 25.5 Å². The lowest BCUT2D eigenvalue weighted by atomic mass is 9.85. The number of allylic oxidation sites excluding steroid dienone is 21. The van der Waals surface area contributed by atoms with Crippen molar-refractivity contribution in [3.63, 3.8) is 0 Å². The number of carbonyl (C=O) groups excluding carboxylic acids is 4. The normalized spacial score (nSPS) is 18.9. The van der Waals surface area contributed by atoms with Crippen molar-refractivity contribution in [2.75, 3.05) is 5.43 Å². The number of benzene rings is 1. The molecule has 1 heterocycles. The van der Waals surface area contributed by atoms with E-state index in [4.69, 9.17) is 0 Å². The molecule has 0 unspecified atom stereocenters. The third-order valence-corrected chi connectivity index (χ3v) is 11.1. The summed E-state index contributed by atoms with van der Waals surface area (Å²) in [5.74, 6) is -4.16. The minimum absolute atomic E-state index is 0.0196. The molecule has 0 saturated heterocycles. The van der Waals surface area contributed by atoms with Crippen molar-refractivity contribution in [3.8, 4) is 0 Å². The number of nitro benzene ring substituents is 1. The van der Waals surface area contributed by atoms with Gasteiger partial charge in [0.05, 0.1) is 31.5 Å². The first-order valence-electron chi connectivity index (χ1n) is 16.0. The molecule has 0 aliphatic heterocycles. The zero-order valence-corrected chi connectivity index (χ0v) is 31.3. The standard InChI is InChI=1S/C35H19N5O16S3/c41-32-17-3-16(15-36-37-28-1-2-29(40(45)46)31-30(28)38-56-39-31)4-18(32)6-20-10-26(58(50,51)52)12-22(34(20)43)8-24-14-27(59(53,54)55)13-23(35(24)44)7-21-11-25(57(47,48)49)9-19(5-17)33(21)42/h1-15,37H,(H,47,48,49)(H,50,51,52)(H,53,54,55)/b17-5?,18-6?,19-5?,20-6?,21-7?,22-8?,23-7?,24-8?,36-15+. The molecule has 8 bridgehead atoms. The Bertz CT molecular complexity index is 3200. The summed E-state index contributed by atoms with van der Waals surface area (Å²) in [6, 6.07) is 2.34. The molecule has 298 valence electrons. The number of carbonyl (C=O) groups is 4. The zero-order chi connectivity index (χ0) is 42.8. The highest BCUT2D eigenvalue weighted by Gasteiger charge is 2.32. The molecule has 5 aliphatic rings. The maximum absolute atomic E-state index is 14.0. The number of rotatable bonds is 7. The molecular weight excluding hydrogens is 843 g/mol. The van der Waals surface area contributed by atoms with Crippen LogP contribution >= 0.6 is 0 Å². The summed E-state index contributed by atoms with van der Waals surface area (Å²) in [5.41, 5.74) is -2.65. The van der Waals surface area contributed by atoms with Crippen LogP contribution in [-0.2, 0) is 49.5 Å². The van der Waals surface area contributed by atoms with E-state index in [-0.39, 0.29) is 22.3 Å². The lowest BCUT2D eigenvalue weighted by Crippen LogP contribution is -2.19. The van der Waals surface area contributed by atoms with Gasteiger partial charge >= 0.3 is 5.69 Å². The number of anilines is 1. The number of hydrazone groups is 1. The quantitative estimate of drug-likeness (QED) is 0.134. The van der Waals surface area contributed by atoms with Gasteiger partial charge in [-0.1, -0.05) is 0 Å². The van der Waals surface area contributed by atoms with Crippen molar-refractivity contribution in [3.05, 3.63) is 160 Å². The van der Waals surface area contributed by atoms with Gasteiger partial charge in [0.25, 0.3) is 30.4 Å². The average molecular weight is 862 g/mol. The topological polar surface area (TPSA) is 338 Å². The van der Waals surface area contributed by atoms with Crippen LogP contribution in [0.5, 0.6) is 0 Å². The van der Waals surface area contributed by atoms with Crippen molar-refractivity contribution in [2.24, 2.45) is 5.10 Å². The summed E-state index contributed by atoms with van der Waals surface area (Å²) in [7, 11) is -15.4. The molecule has 0 radical (unpaired) electrons. The minimum Gasteiger partial charge on any atom is -0.289 e. The molecule has 21 nitrogen and oxygen atoms in total. The Morgan fingerprint density at radius 1 is 0.559 bits per heavy atom. The number of nitrogens with zero attached hydrogens (tertiary/aromatic N) is 4. The predicted molar refractivity (Wildman–Crippen MR) is 202 cm³/mol. The number of nitro groups is 1. The van der Waals surface area contributed by atoms with Gasteiger partial charge in [-0.05, 0) is 94.9 Å². The maximum atomic E-state index is 14.0. The van der Waals surface area contributed by atoms with E-state index in [0.29, 0.717) is 36.5 Å². The molecule has 0 spiro atoms. The lowest BCUT2D eigenvalue weighted by molar-refractivity contribution is -0.383. The number of Topliss-reactive ketones (excluding diaryl/α,β-unsaturated/α-hetero) is 4. The fraction of sp³-hybridized carbons (Fsp3) is 0. The van der Waals surface area contributed by atoms with Crippen molar-refractivity contribution in [2.45, 2.75) is 0 Å². The molecule has 5 aliphatic carbocycles. The van der Waals surface area contributed by atoms with Gasteiger partial charge in [-0.3, -0.25) is 48.4 Å². The predicted octanol–water partition coefficient (Wildman–Crippen LogP) is 2.53. The Morgan fingerprint density at radius 3 is 1.34 bits per heavy atom. The summed E-state index contributed by atoms with van der Waals surface area (Å²) in [6.07, 6.45) is 10.5. The first-order chi connectivity index (χ1) is 27.6. The van der Waals surface area contributed by atoms with E-state index in [9.17, 15) is 68.2 Å². The number of hydrogen-bond donors (Lipinski definition) is 4. The van der Waals surface area contributed by atoms with Crippen LogP contribution < -0.4 is 5.43 Å². The molecular formula is C35H19N5O16S3. The van der Waals surface area contributed by atoms with Crippen LogP contribution in [0.15, 0.2) is 160 Å². The van der Waals surface area contributed by atoms with Crippen molar-refractivity contribution in [1.82, 2.24) is 10.3 Å². The summed E-state index contributed by atoms with van der Waals surface area (Å²) in [4.78, 5) is 63.4. The highest BCUT2D eigenvalue weighted by molar-refractivity contribution is 7.90. The Hall–Kier alpha value is -7.22. The van der Waals surface area contributed by atoms with Crippen molar-refractivity contribution < 1.29 is 67.6 Å². The van der Waals surface area contributed by atoms with Gasteiger partial charge in [0.15, 0.2) is 28.6 Å². The molecule has 0 amide bonds. The molecule has 1 aromatic carbocycles. The summed E-state index contributed by atoms with van der Waals surface area (Å²) >= 11 is 0. The number of hydrogen-bond acceptors (Lipinski definition) is 17. The van der Waals surface area contributed by atoms with Gasteiger partial charge < -0.3 is 0 Å². The Morgan fingerprint density at radius 2 is 0.932 bits per heavy atom. The molecule has 0 fully saturated rings. The Labute approximate surface area is 329 Å². The van der Waals surface area contributed by atoms with E-state index < -0.39 is 123 Å². The first-order valence-corrected chi connectivity index (χ1v) is 20.3. The Kier molecular flexibility index (Phi) is 9.70. The largest absolute Gasteiger partial charge is 0.300 e. The van der Waals surface area contributed by atoms with E-state index in [0.717, 1.165) is 48.7 Å².